The Kier molecular flexibility index (Phi) is 4.51. The Morgan fingerprint density at radius 2 is 2.29 bits per heavy atom. The van der Waals surface area contributed by atoms with Gasteiger partial charge in [0.25, 0.3) is 0 Å². The molecule has 0 saturated heterocycles. The summed E-state index contributed by atoms with van der Waals surface area (Å²) in [6, 6.07) is 3.66. The van der Waals surface area contributed by atoms with Crippen molar-refractivity contribution < 1.29 is 9.84 Å². The quantitative estimate of drug-likeness (QED) is 0.903. The van der Waals surface area contributed by atoms with Gasteiger partial charge in [0.2, 0.25) is 0 Å². The Labute approximate surface area is 92.3 Å². The maximum absolute atomic E-state index is 9.73. The zero-order valence-electron chi connectivity index (χ0n) is 8.27. The predicted molar refractivity (Wildman–Crippen MR) is 58.0 cm³/mol. The lowest BCUT2D eigenvalue weighted by atomic mass is 10.2. The van der Waals surface area contributed by atoms with Crippen LogP contribution in [-0.4, -0.2) is 22.8 Å². The molecule has 0 spiro atoms. The van der Waals surface area contributed by atoms with Crippen molar-refractivity contribution in [2.24, 2.45) is 0 Å². The Balaban J connectivity index is 2.60. The first-order chi connectivity index (χ1) is 6.61. The van der Waals surface area contributed by atoms with Crippen molar-refractivity contribution >= 4 is 15.9 Å². The highest BCUT2D eigenvalue weighted by Gasteiger charge is 2.12. The van der Waals surface area contributed by atoms with E-state index in [9.17, 15) is 5.11 Å². The molecule has 1 unspecified atom stereocenters. The molecule has 1 N–H and O–H groups in total. The molecule has 1 aromatic rings. The largest absolute Gasteiger partial charge is 0.384 e. The highest BCUT2D eigenvalue weighted by Crippen LogP contribution is 2.20. The van der Waals surface area contributed by atoms with E-state index in [0.717, 1.165) is 4.47 Å². The third-order valence-electron chi connectivity index (χ3n) is 1.69. The molecule has 0 amide bonds. The first-order valence-corrected chi connectivity index (χ1v) is 5.30. The molecule has 1 rings (SSSR count). The van der Waals surface area contributed by atoms with Gasteiger partial charge in [0, 0.05) is 10.7 Å². The standard InChI is InChI=1S/C10H14BrNO2/c1-7(2)14-6-9(13)10-8(11)4-3-5-12-10/h3-5,7,9,13H,6H2,1-2H3. The minimum Gasteiger partial charge on any atom is -0.384 e. The monoisotopic (exact) mass is 259 g/mol. The van der Waals surface area contributed by atoms with Crippen LogP contribution < -0.4 is 0 Å². The van der Waals surface area contributed by atoms with Crippen LogP contribution in [0, 0.1) is 0 Å². The average molecular weight is 260 g/mol. The van der Waals surface area contributed by atoms with Gasteiger partial charge in [0.1, 0.15) is 6.10 Å². The molecule has 0 radical (unpaired) electrons. The Morgan fingerprint density at radius 1 is 1.57 bits per heavy atom. The van der Waals surface area contributed by atoms with Gasteiger partial charge in [0.05, 0.1) is 18.4 Å². The van der Waals surface area contributed by atoms with Gasteiger partial charge >= 0.3 is 0 Å². The first kappa shape index (κ1) is 11.6. The highest BCUT2D eigenvalue weighted by atomic mass is 79.9. The third-order valence-corrected chi connectivity index (χ3v) is 2.36. The van der Waals surface area contributed by atoms with Crippen molar-refractivity contribution in [3.8, 4) is 0 Å². The molecule has 0 aliphatic heterocycles. The minimum absolute atomic E-state index is 0.118. The third kappa shape index (κ3) is 3.36. The summed E-state index contributed by atoms with van der Waals surface area (Å²) >= 11 is 3.33. The molecular weight excluding hydrogens is 246 g/mol. The lowest BCUT2D eigenvalue weighted by Crippen LogP contribution is -2.13. The van der Waals surface area contributed by atoms with Crippen LogP contribution in [0.4, 0.5) is 0 Å². The van der Waals surface area contributed by atoms with E-state index in [1.165, 1.54) is 0 Å². The Morgan fingerprint density at radius 3 is 2.86 bits per heavy atom. The van der Waals surface area contributed by atoms with Crippen molar-refractivity contribution in [1.29, 1.82) is 0 Å². The van der Waals surface area contributed by atoms with Gasteiger partial charge in [-0.1, -0.05) is 0 Å². The van der Waals surface area contributed by atoms with E-state index in [1.54, 1.807) is 6.20 Å². The van der Waals surface area contributed by atoms with Crippen LogP contribution in [0.15, 0.2) is 22.8 Å². The minimum atomic E-state index is -0.673. The Bertz CT molecular complexity index is 291. The molecule has 3 nitrogen and oxygen atoms in total. The van der Waals surface area contributed by atoms with E-state index >= 15 is 0 Å². The molecule has 1 aromatic heterocycles. The summed E-state index contributed by atoms with van der Waals surface area (Å²) in [5.41, 5.74) is 0.619. The number of aromatic nitrogens is 1. The maximum Gasteiger partial charge on any atom is 0.120 e. The summed E-state index contributed by atoms with van der Waals surface area (Å²) in [4.78, 5) is 4.08. The van der Waals surface area contributed by atoms with Gasteiger partial charge in [-0.3, -0.25) is 4.98 Å². The molecule has 0 aliphatic rings. The van der Waals surface area contributed by atoms with Crippen molar-refractivity contribution in [2.75, 3.05) is 6.61 Å². The van der Waals surface area contributed by atoms with Crippen molar-refractivity contribution in [1.82, 2.24) is 4.98 Å². The fourth-order valence-electron chi connectivity index (χ4n) is 1.01. The first-order valence-electron chi connectivity index (χ1n) is 4.51. The summed E-state index contributed by atoms with van der Waals surface area (Å²) in [6.07, 6.45) is 1.10. The normalized spacial score (nSPS) is 13.2. The number of ether oxygens (including phenoxy) is 1. The van der Waals surface area contributed by atoms with Crippen LogP contribution >= 0.6 is 15.9 Å². The molecule has 78 valence electrons. The lowest BCUT2D eigenvalue weighted by molar-refractivity contribution is 0.00297. The zero-order valence-corrected chi connectivity index (χ0v) is 9.86. The van der Waals surface area contributed by atoms with Crippen LogP contribution in [0.5, 0.6) is 0 Å². The molecule has 0 bridgehead atoms. The molecule has 0 aromatic carbocycles. The van der Waals surface area contributed by atoms with Gasteiger partial charge in [0.15, 0.2) is 0 Å². The number of rotatable bonds is 4. The lowest BCUT2D eigenvalue weighted by Gasteiger charge is -2.13. The van der Waals surface area contributed by atoms with Crippen molar-refractivity contribution in [3.05, 3.63) is 28.5 Å². The van der Waals surface area contributed by atoms with Crippen LogP contribution in [0.1, 0.15) is 25.6 Å². The number of aliphatic hydroxyl groups excluding tert-OH is 1. The summed E-state index contributed by atoms with van der Waals surface area (Å²) in [6.45, 7) is 4.13. The molecule has 0 fully saturated rings. The SMILES string of the molecule is CC(C)OCC(O)c1ncccc1Br. The fourth-order valence-corrected chi connectivity index (χ4v) is 1.52. The van der Waals surface area contributed by atoms with Crippen LogP contribution in [0.25, 0.3) is 0 Å². The molecule has 0 aliphatic carbocycles. The van der Waals surface area contributed by atoms with E-state index in [-0.39, 0.29) is 12.7 Å². The van der Waals surface area contributed by atoms with Crippen LogP contribution in [-0.2, 0) is 4.74 Å². The van der Waals surface area contributed by atoms with E-state index < -0.39 is 6.10 Å². The molecular formula is C10H14BrNO2. The smallest absolute Gasteiger partial charge is 0.120 e. The van der Waals surface area contributed by atoms with Crippen molar-refractivity contribution in [3.63, 3.8) is 0 Å². The van der Waals surface area contributed by atoms with E-state index in [2.05, 4.69) is 20.9 Å². The van der Waals surface area contributed by atoms with E-state index in [4.69, 9.17) is 4.74 Å². The van der Waals surface area contributed by atoms with Gasteiger partial charge in [-0.25, -0.2) is 0 Å². The van der Waals surface area contributed by atoms with E-state index in [0.29, 0.717) is 5.69 Å². The fraction of sp³-hybridized carbons (Fsp3) is 0.500. The van der Waals surface area contributed by atoms with Gasteiger partial charge in [-0.2, -0.15) is 0 Å². The average Bonchev–Trinajstić information content (AvgIpc) is 2.15. The van der Waals surface area contributed by atoms with Gasteiger partial charge < -0.3 is 9.84 Å². The number of pyridine rings is 1. The highest BCUT2D eigenvalue weighted by molar-refractivity contribution is 9.10. The molecule has 14 heavy (non-hydrogen) atoms. The second-order valence-corrected chi connectivity index (χ2v) is 4.12. The molecule has 4 heteroatoms. The van der Waals surface area contributed by atoms with Crippen molar-refractivity contribution in [2.45, 2.75) is 26.1 Å². The van der Waals surface area contributed by atoms with E-state index in [1.807, 2.05) is 26.0 Å². The van der Waals surface area contributed by atoms with Crippen LogP contribution in [0.2, 0.25) is 0 Å². The second-order valence-electron chi connectivity index (χ2n) is 3.27. The molecule has 1 heterocycles. The molecule has 0 saturated carbocycles. The number of aliphatic hydroxyl groups is 1. The topological polar surface area (TPSA) is 42.4 Å². The second kappa shape index (κ2) is 5.44. The van der Waals surface area contributed by atoms with Crippen LogP contribution in [0.3, 0.4) is 0 Å². The maximum atomic E-state index is 9.73. The summed E-state index contributed by atoms with van der Waals surface area (Å²) in [5, 5.41) is 9.73. The predicted octanol–water partition coefficient (Wildman–Crippen LogP) is 2.30. The summed E-state index contributed by atoms with van der Waals surface area (Å²) in [7, 11) is 0. The van der Waals surface area contributed by atoms with Gasteiger partial charge in [-0.05, 0) is 41.9 Å². The molecule has 1 atom stereocenters. The zero-order chi connectivity index (χ0) is 10.6. The number of halogens is 1. The number of hydrogen-bond donors (Lipinski definition) is 1. The summed E-state index contributed by atoms with van der Waals surface area (Å²) < 4.78 is 6.11. The summed E-state index contributed by atoms with van der Waals surface area (Å²) in [5.74, 6) is 0. The number of nitrogens with zero attached hydrogens (tertiary/aromatic N) is 1. The number of hydrogen-bond acceptors (Lipinski definition) is 3. The Hall–Kier alpha value is -0.450. The van der Waals surface area contributed by atoms with Gasteiger partial charge in [-0.15, -0.1) is 0 Å².